The van der Waals surface area contributed by atoms with Gasteiger partial charge in [-0.15, -0.1) is 0 Å². The van der Waals surface area contributed by atoms with E-state index in [1.807, 2.05) is 19.1 Å². The van der Waals surface area contributed by atoms with Crippen molar-refractivity contribution >= 4 is 15.9 Å². The van der Waals surface area contributed by atoms with Gasteiger partial charge in [0.1, 0.15) is 5.75 Å². The van der Waals surface area contributed by atoms with Gasteiger partial charge in [0.25, 0.3) is 0 Å². The number of ether oxygens (including phenoxy) is 1. The van der Waals surface area contributed by atoms with E-state index in [0.29, 0.717) is 25.7 Å². The maximum absolute atomic E-state index is 12.5. The molecule has 0 radical (unpaired) electrons. The summed E-state index contributed by atoms with van der Waals surface area (Å²) in [6, 6.07) is 8.18. The molecule has 7 nitrogen and oxygen atoms in total. The van der Waals surface area contributed by atoms with E-state index in [0.717, 1.165) is 49.9 Å². The van der Waals surface area contributed by atoms with E-state index in [9.17, 15) is 13.2 Å². The molecule has 2 fully saturated rings. The fraction of sp³-hybridized carbons (Fsp3) is 0.682. The van der Waals surface area contributed by atoms with Crippen molar-refractivity contribution in [3.05, 3.63) is 35.4 Å². The van der Waals surface area contributed by atoms with E-state index in [1.54, 1.807) is 0 Å². The Bertz CT molecular complexity index is 800. The van der Waals surface area contributed by atoms with Crippen LogP contribution in [0.15, 0.2) is 24.3 Å². The number of benzene rings is 1. The van der Waals surface area contributed by atoms with Crippen molar-refractivity contribution in [1.29, 1.82) is 0 Å². The predicted octanol–water partition coefficient (Wildman–Crippen LogP) is 1.98. The molecule has 168 valence electrons. The van der Waals surface area contributed by atoms with Gasteiger partial charge in [-0.05, 0) is 44.1 Å². The summed E-state index contributed by atoms with van der Waals surface area (Å²) in [4.78, 5) is 14.8. The third-order valence-electron chi connectivity index (χ3n) is 6.09. The van der Waals surface area contributed by atoms with Gasteiger partial charge in [0.05, 0.1) is 19.3 Å². The van der Waals surface area contributed by atoms with E-state index >= 15 is 0 Å². The normalized spacial score (nSPS) is 24.3. The number of aryl methyl sites for hydroxylation is 1. The number of nitrogens with zero attached hydrogens (tertiary/aromatic N) is 1. The fourth-order valence-corrected chi connectivity index (χ4v) is 5.61. The van der Waals surface area contributed by atoms with Gasteiger partial charge < -0.3 is 10.1 Å². The summed E-state index contributed by atoms with van der Waals surface area (Å²) in [5.41, 5.74) is 2.28. The summed E-state index contributed by atoms with van der Waals surface area (Å²) in [5, 5.41) is 2.86. The highest BCUT2D eigenvalue weighted by atomic mass is 32.2. The summed E-state index contributed by atoms with van der Waals surface area (Å²) in [6.07, 6.45) is 3.73. The maximum atomic E-state index is 12.5. The number of carbonyl (C=O) groups is 1. The second-order valence-electron chi connectivity index (χ2n) is 8.72. The average Bonchev–Trinajstić information content (AvgIpc) is 2.70. The van der Waals surface area contributed by atoms with E-state index in [2.05, 4.69) is 34.0 Å². The van der Waals surface area contributed by atoms with Crippen molar-refractivity contribution in [3.63, 3.8) is 0 Å². The Morgan fingerprint density at radius 3 is 2.57 bits per heavy atom. The predicted molar refractivity (Wildman–Crippen MR) is 118 cm³/mol. The lowest BCUT2D eigenvalue weighted by Gasteiger charge is -2.35. The number of carbonyl (C=O) groups excluding carboxylic acids is 1. The SMILES string of the molecule is Cc1cccc([C@@H](CNC(=O)CS(=O)(=O)NC2CCC(C)CC2)N2CCOCC2)c1. The minimum atomic E-state index is -3.64. The van der Waals surface area contributed by atoms with Crippen molar-refractivity contribution in [1.82, 2.24) is 14.9 Å². The first-order valence-corrected chi connectivity index (χ1v) is 12.6. The second-order valence-corrected chi connectivity index (χ2v) is 10.5. The van der Waals surface area contributed by atoms with Crippen molar-refractivity contribution < 1.29 is 17.9 Å². The zero-order valence-electron chi connectivity index (χ0n) is 18.1. The lowest BCUT2D eigenvalue weighted by molar-refractivity contribution is -0.119. The zero-order valence-corrected chi connectivity index (χ0v) is 18.9. The first-order chi connectivity index (χ1) is 14.3. The quantitative estimate of drug-likeness (QED) is 0.649. The van der Waals surface area contributed by atoms with Crippen LogP contribution in [0.3, 0.4) is 0 Å². The van der Waals surface area contributed by atoms with E-state index in [4.69, 9.17) is 4.74 Å². The average molecular weight is 438 g/mol. The maximum Gasteiger partial charge on any atom is 0.236 e. The summed E-state index contributed by atoms with van der Waals surface area (Å²) in [7, 11) is -3.64. The van der Waals surface area contributed by atoms with Crippen molar-refractivity contribution in [2.24, 2.45) is 5.92 Å². The van der Waals surface area contributed by atoms with Gasteiger partial charge in [0.2, 0.25) is 15.9 Å². The summed E-state index contributed by atoms with van der Waals surface area (Å²) < 4.78 is 33.1. The number of hydrogen-bond donors (Lipinski definition) is 2. The molecule has 1 saturated carbocycles. The highest BCUT2D eigenvalue weighted by molar-refractivity contribution is 7.90. The number of rotatable bonds is 8. The molecule has 0 bridgehead atoms. The van der Waals surface area contributed by atoms with Crippen LogP contribution < -0.4 is 10.0 Å². The third-order valence-corrected chi connectivity index (χ3v) is 7.42. The largest absolute Gasteiger partial charge is 0.379 e. The second kappa shape index (κ2) is 10.7. The highest BCUT2D eigenvalue weighted by Crippen LogP contribution is 2.24. The van der Waals surface area contributed by atoms with Crippen molar-refractivity contribution in [2.45, 2.75) is 51.6 Å². The topological polar surface area (TPSA) is 87.7 Å². The van der Waals surface area contributed by atoms with Gasteiger partial charge in [-0.2, -0.15) is 0 Å². The lowest BCUT2D eigenvalue weighted by atomic mass is 9.88. The van der Waals surface area contributed by atoms with E-state index < -0.39 is 21.7 Å². The van der Waals surface area contributed by atoms with Gasteiger partial charge in [0.15, 0.2) is 0 Å². The molecule has 30 heavy (non-hydrogen) atoms. The molecule has 2 aliphatic rings. The molecule has 8 heteroatoms. The molecular formula is C22H35N3O4S. The fourth-order valence-electron chi connectivity index (χ4n) is 4.33. The van der Waals surface area contributed by atoms with Gasteiger partial charge >= 0.3 is 0 Å². The molecule has 1 aromatic rings. The lowest BCUT2D eigenvalue weighted by Crippen LogP contribution is -2.46. The van der Waals surface area contributed by atoms with Crippen molar-refractivity contribution in [2.75, 3.05) is 38.6 Å². The smallest absolute Gasteiger partial charge is 0.236 e. The number of sulfonamides is 1. The molecule has 1 amide bonds. The van der Waals surface area contributed by atoms with Gasteiger partial charge in [-0.25, -0.2) is 13.1 Å². The number of amides is 1. The minimum absolute atomic E-state index is 0.00625. The van der Waals surface area contributed by atoms with Crippen LogP contribution >= 0.6 is 0 Å². The molecule has 1 heterocycles. The molecule has 0 unspecified atom stereocenters. The van der Waals surface area contributed by atoms with Crippen LogP contribution in [0.1, 0.15) is 49.8 Å². The first kappa shape index (κ1) is 23.2. The number of nitrogens with one attached hydrogen (secondary N) is 2. The van der Waals surface area contributed by atoms with Crippen LogP contribution in [0, 0.1) is 12.8 Å². The van der Waals surface area contributed by atoms with Crippen LogP contribution in [-0.2, 0) is 19.6 Å². The molecule has 1 aromatic carbocycles. The Morgan fingerprint density at radius 1 is 1.20 bits per heavy atom. The summed E-state index contributed by atoms with van der Waals surface area (Å²) in [5.74, 6) is -0.340. The van der Waals surface area contributed by atoms with E-state index in [-0.39, 0.29) is 12.1 Å². The molecule has 1 atom stereocenters. The van der Waals surface area contributed by atoms with Gasteiger partial charge in [-0.1, -0.05) is 36.8 Å². The Morgan fingerprint density at radius 2 is 1.90 bits per heavy atom. The number of morpholine rings is 1. The van der Waals surface area contributed by atoms with Crippen LogP contribution in [0.4, 0.5) is 0 Å². The Labute approximate surface area is 180 Å². The van der Waals surface area contributed by atoms with Gasteiger partial charge in [0, 0.05) is 25.7 Å². The third kappa shape index (κ3) is 7.04. The molecule has 1 aliphatic carbocycles. The molecular weight excluding hydrogens is 402 g/mol. The Hall–Kier alpha value is -1.48. The van der Waals surface area contributed by atoms with Crippen LogP contribution in [-0.4, -0.2) is 63.9 Å². The summed E-state index contributed by atoms with van der Waals surface area (Å²) in [6.45, 7) is 7.50. The Kier molecular flexibility index (Phi) is 8.27. The minimum Gasteiger partial charge on any atom is -0.379 e. The molecule has 0 aromatic heterocycles. The Balaban J connectivity index is 1.57. The zero-order chi connectivity index (χ0) is 21.6. The van der Waals surface area contributed by atoms with Crippen LogP contribution in [0.5, 0.6) is 0 Å². The molecule has 3 rings (SSSR count). The van der Waals surface area contributed by atoms with E-state index in [1.165, 1.54) is 0 Å². The standard InChI is InChI=1S/C22H35N3O4S/c1-17-6-8-20(9-7-17)24-30(27,28)16-22(26)23-15-21(25-10-12-29-13-11-25)19-5-3-4-18(2)14-19/h3-5,14,17,20-21,24H,6-13,15-16H2,1-2H3,(H,23,26)/t17?,20?,21-/m1/s1. The van der Waals surface area contributed by atoms with Crippen LogP contribution in [0.25, 0.3) is 0 Å². The monoisotopic (exact) mass is 437 g/mol. The van der Waals surface area contributed by atoms with Crippen LogP contribution in [0.2, 0.25) is 0 Å². The molecule has 1 aliphatic heterocycles. The highest BCUT2D eigenvalue weighted by Gasteiger charge is 2.27. The number of hydrogen-bond acceptors (Lipinski definition) is 5. The molecule has 2 N–H and O–H groups in total. The first-order valence-electron chi connectivity index (χ1n) is 11.0. The van der Waals surface area contributed by atoms with Gasteiger partial charge in [-0.3, -0.25) is 9.69 Å². The molecule has 0 spiro atoms. The van der Waals surface area contributed by atoms with Crippen molar-refractivity contribution in [3.8, 4) is 0 Å². The molecule has 1 saturated heterocycles. The summed E-state index contributed by atoms with van der Waals surface area (Å²) >= 11 is 0.